The summed E-state index contributed by atoms with van der Waals surface area (Å²) in [7, 11) is 0. The van der Waals surface area contributed by atoms with Crippen molar-refractivity contribution in [2.45, 2.75) is 52.0 Å². The highest BCUT2D eigenvalue weighted by Crippen LogP contribution is 2.32. The molecule has 0 aromatic carbocycles. The number of rotatable bonds is 3. The molecular weight excluding hydrogens is 232 g/mol. The first kappa shape index (κ1) is 12.6. The molecule has 0 N–H and O–H groups in total. The number of hydrogen-bond donors (Lipinski definition) is 0. The van der Waals surface area contributed by atoms with E-state index in [0.717, 1.165) is 28.5 Å². The number of nitrogens with zero attached hydrogens (tertiary/aromatic N) is 2. The Morgan fingerprint density at radius 2 is 2.24 bits per heavy atom. The standard InChI is InChI=1S/C13H20N2OS/c1-9(2)12-11(8-16)17-13(14-12)15-7-5-4-6-10(15)3/h8-10H,4-7H2,1-3H3. The smallest absolute Gasteiger partial charge is 0.186 e. The van der Waals surface area contributed by atoms with Gasteiger partial charge in [-0.1, -0.05) is 25.2 Å². The first-order valence-electron chi connectivity index (χ1n) is 6.36. The summed E-state index contributed by atoms with van der Waals surface area (Å²) in [5, 5.41) is 1.03. The lowest BCUT2D eigenvalue weighted by Gasteiger charge is -2.33. The highest BCUT2D eigenvalue weighted by molar-refractivity contribution is 7.17. The summed E-state index contributed by atoms with van der Waals surface area (Å²) >= 11 is 1.54. The maximum absolute atomic E-state index is 11.1. The minimum atomic E-state index is 0.320. The zero-order chi connectivity index (χ0) is 12.4. The molecule has 1 unspecified atom stereocenters. The number of carbonyl (C=O) groups excluding carboxylic acids is 1. The van der Waals surface area contributed by atoms with Gasteiger partial charge in [0.2, 0.25) is 0 Å². The summed E-state index contributed by atoms with van der Waals surface area (Å²) in [6.07, 6.45) is 4.72. The molecule has 1 aliphatic rings. The molecule has 0 bridgehead atoms. The topological polar surface area (TPSA) is 33.2 Å². The van der Waals surface area contributed by atoms with Gasteiger partial charge in [0, 0.05) is 12.6 Å². The molecule has 2 heterocycles. The van der Waals surface area contributed by atoms with Gasteiger partial charge >= 0.3 is 0 Å². The number of thiazole rings is 1. The summed E-state index contributed by atoms with van der Waals surface area (Å²) < 4.78 is 0. The molecule has 0 spiro atoms. The highest BCUT2D eigenvalue weighted by Gasteiger charge is 2.23. The maximum Gasteiger partial charge on any atom is 0.186 e. The summed E-state index contributed by atoms with van der Waals surface area (Å²) in [5.74, 6) is 0.320. The second kappa shape index (κ2) is 5.17. The predicted octanol–water partition coefficient (Wildman–Crippen LogP) is 3.46. The SMILES string of the molecule is CC(C)c1nc(N2CCCCC2C)sc1C=O. The molecule has 3 nitrogen and oxygen atoms in total. The minimum Gasteiger partial charge on any atom is -0.345 e. The van der Waals surface area contributed by atoms with Crippen LogP contribution < -0.4 is 4.90 Å². The van der Waals surface area contributed by atoms with E-state index in [1.165, 1.54) is 19.3 Å². The molecule has 0 radical (unpaired) electrons. The van der Waals surface area contributed by atoms with Crippen LogP contribution in [0.2, 0.25) is 0 Å². The van der Waals surface area contributed by atoms with Crippen molar-refractivity contribution in [2.75, 3.05) is 11.4 Å². The number of anilines is 1. The van der Waals surface area contributed by atoms with Crippen molar-refractivity contribution in [1.82, 2.24) is 4.98 Å². The van der Waals surface area contributed by atoms with Crippen LogP contribution in [-0.2, 0) is 0 Å². The summed E-state index contributed by atoms with van der Waals surface area (Å²) in [5.41, 5.74) is 0.956. The van der Waals surface area contributed by atoms with Crippen molar-refractivity contribution < 1.29 is 4.79 Å². The Kier molecular flexibility index (Phi) is 3.82. The van der Waals surface area contributed by atoms with Crippen LogP contribution in [0.3, 0.4) is 0 Å². The van der Waals surface area contributed by atoms with Crippen LogP contribution in [0.5, 0.6) is 0 Å². The van der Waals surface area contributed by atoms with Crippen LogP contribution in [0.1, 0.15) is 61.3 Å². The lowest BCUT2D eigenvalue weighted by atomic mass is 10.0. The molecule has 1 saturated heterocycles. The molecule has 1 atom stereocenters. The van der Waals surface area contributed by atoms with Gasteiger partial charge in [-0.25, -0.2) is 4.98 Å². The van der Waals surface area contributed by atoms with E-state index in [4.69, 9.17) is 0 Å². The molecule has 2 rings (SSSR count). The van der Waals surface area contributed by atoms with E-state index >= 15 is 0 Å². The first-order chi connectivity index (χ1) is 8.13. The van der Waals surface area contributed by atoms with E-state index in [0.29, 0.717) is 12.0 Å². The fourth-order valence-corrected chi connectivity index (χ4v) is 3.50. The molecule has 1 fully saturated rings. The van der Waals surface area contributed by atoms with Crippen LogP contribution in [0.25, 0.3) is 0 Å². The van der Waals surface area contributed by atoms with Crippen LogP contribution in [0.15, 0.2) is 0 Å². The Morgan fingerprint density at radius 1 is 1.47 bits per heavy atom. The van der Waals surface area contributed by atoms with Crippen molar-refractivity contribution in [2.24, 2.45) is 0 Å². The van der Waals surface area contributed by atoms with Gasteiger partial charge in [0.05, 0.1) is 10.6 Å². The van der Waals surface area contributed by atoms with Crippen LogP contribution in [0.4, 0.5) is 5.13 Å². The molecule has 1 aromatic rings. The fourth-order valence-electron chi connectivity index (χ4n) is 2.33. The normalized spacial score (nSPS) is 20.9. The number of aldehydes is 1. The lowest BCUT2D eigenvalue weighted by molar-refractivity contribution is 0.112. The van der Waals surface area contributed by atoms with Gasteiger partial charge in [-0.05, 0) is 32.1 Å². The summed E-state index contributed by atoms with van der Waals surface area (Å²) in [4.78, 5) is 18.9. The van der Waals surface area contributed by atoms with Gasteiger partial charge in [0.25, 0.3) is 0 Å². The Morgan fingerprint density at radius 3 is 2.76 bits per heavy atom. The summed E-state index contributed by atoms with van der Waals surface area (Å²) in [6, 6.07) is 0.550. The number of carbonyl (C=O) groups is 1. The van der Waals surface area contributed by atoms with Crippen LogP contribution in [-0.4, -0.2) is 23.9 Å². The molecule has 0 saturated carbocycles. The molecule has 1 aliphatic heterocycles. The van der Waals surface area contributed by atoms with Gasteiger partial charge in [-0.3, -0.25) is 4.79 Å². The fraction of sp³-hybridized carbons (Fsp3) is 0.692. The zero-order valence-corrected chi connectivity index (χ0v) is 11.6. The largest absolute Gasteiger partial charge is 0.345 e. The minimum absolute atomic E-state index is 0.320. The lowest BCUT2D eigenvalue weighted by Crippen LogP contribution is -2.37. The molecule has 1 aromatic heterocycles. The van der Waals surface area contributed by atoms with Gasteiger partial charge in [0.15, 0.2) is 11.4 Å². The molecule has 0 amide bonds. The van der Waals surface area contributed by atoms with Crippen LogP contribution in [0, 0.1) is 0 Å². The second-order valence-corrected chi connectivity index (χ2v) is 6.07. The quantitative estimate of drug-likeness (QED) is 0.772. The van der Waals surface area contributed by atoms with Gasteiger partial charge < -0.3 is 4.90 Å². The third-order valence-corrected chi connectivity index (χ3v) is 4.41. The van der Waals surface area contributed by atoms with Crippen molar-refractivity contribution >= 4 is 22.8 Å². The Labute approximate surface area is 107 Å². The van der Waals surface area contributed by atoms with Crippen molar-refractivity contribution in [3.8, 4) is 0 Å². The molecule has 17 heavy (non-hydrogen) atoms. The van der Waals surface area contributed by atoms with Gasteiger partial charge in [0.1, 0.15) is 0 Å². The number of aromatic nitrogens is 1. The van der Waals surface area contributed by atoms with E-state index in [9.17, 15) is 4.79 Å². The van der Waals surface area contributed by atoms with Crippen molar-refractivity contribution in [3.63, 3.8) is 0 Å². The molecular formula is C13H20N2OS. The van der Waals surface area contributed by atoms with E-state index in [1.807, 2.05) is 0 Å². The van der Waals surface area contributed by atoms with Crippen molar-refractivity contribution in [3.05, 3.63) is 10.6 Å². The van der Waals surface area contributed by atoms with E-state index in [2.05, 4.69) is 30.7 Å². The third-order valence-electron chi connectivity index (χ3n) is 3.37. The monoisotopic (exact) mass is 252 g/mol. The Bertz CT molecular complexity index is 400. The zero-order valence-electron chi connectivity index (χ0n) is 10.8. The van der Waals surface area contributed by atoms with Crippen molar-refractivity contribution in [1.29, 1.82) is 0 Å². The van der Waals surface area contributed by atoms with Crippen LogP contribution >= 0.6 is 11.3 Å². The van der Waals surface area contributed by atoms with E-state index in [-0.39, 0.29) is 0 Å². The van der Waals surface area contributed by atoms with E-state index in [1.54, 1.807) is 11.3 Å². The van der Waals surface area contributed by atoms with E-state index < -0.39 is 0 Å². The average Bonchev–Trinajstić information content (AvgIpc) is 2.73. The highest BCUT2D eigenvalue weighted by atomic mass is 32.1. The number of hydrogen-bond acceptors (Lipinski definition) is 4. The van der Waals surface area contributed by atoms with Gasteiger partial charge in [-0.2, -0.15) is 0 Å². The molecule has 0 aliphatic carbocycles. The molecule has 94 valence electrons. The first-order valence-corrected chi connectivity index (χ1v) is 7.17. The summed E-state index contributed by atoms with van der Waals surface area (Å²) in [6.45, 7) is 7.50. The Hall–Kier alpha value is -0.900. The average molecular weight is 252 g/mol. The second-order valence-electron chi connectivity index (χ2n) is 5.06. The number of piperidine rings is 1. The van der Waals surface area contributed by atoms with Gasteiger partial charge in [-0.15, -0.1) is 0 Å². The molecule has 4 heteroatoms. The predicted molar refractivity (Wildman–Crippen MR) is 72.2 cm³/mol. The third kappa shape index (κ3) is 2.51. The Balaban J connectivity index is 2.29. The maximum atomic E-state index is 11.1.